The van der Waals surface area contributed by atoms with Gasteiger partial charge in [-0.1, -0.05) is 18.2 Å². The van der Waals surface area contributed by atoms with Gasteiger partial charge in [-0.25, -0.2) is 0 Å². The number of aliphatic hydroxyl groups is 1. The van der Waals surface area contributed by atoms with Crippen LogP contribution in [0.4, 0.5) is 0 Å². The molecule has 0 aromatic heterocycles. The van der Waals surface area contributed by atoms with Crippen LogP contribution in [0.2, 0.25) is 0 Å². The predicted octanol–water partition coefficient (Wildman–Crippen LogP) is 1.21. The first-order valence-corrected chi connectivity index (χ1v) is 5.32. The second kappa shape index (κ2) is 7.26. The van der Waals surface area contributed by atoms with Crippen LogP contribution in [-0.4, -0.2) is 31.9 Å². The van der Waals surface area contributed by atoms with Crippen LogP contribution in [0.1, 0.15) is 12.0 Å². The number of aliphatic hydroxyl groups excluding tert-OH is 1. The zero-order valence-corrected chi connectivity index (χ0v) is 9.20. The number of ether oxygens (including phenoxy) is 1. The molecule has 0 fully saturated rings. The summed E-state index contributed by atoms with van der Waals surface area (Å²) in [7, 11) is 1.69. The van der Waals surface area contributed by atoms with Crippen molar-refractivity contribution in [2.24, 2.45) is 0 Å². The average molecular weight is 209 g/mol. The van der Waals surface area contributed by atoms with Gasteiger partial charge in [0, 0.05) is 6.61 Å². The Morgan fingerprint density at radius 1 is 1.27 bits per heavy atom. The molecule has 15 heavy (non-hydrogen) atoms. The van der Waals surface area contributed by atoms with Crippen molar-refractivity contribution < 1.29 is 9.84 Å². The first-order chi connectivity index (χ1) is 7.38. The number of nitrogens with one attached hydrogen (secondary N) is 1. The van der Waals surface area contributed by atoms with Crippen molar-refractivity contribution in [1.29, 1.82) is 0 Å². The monoisotopic (exact) mass is 209 g/mol. The lowest BCUT2D eigenvalue weighted by Crippen LogP contribution is -2.19. The standard InChI is InChI=1S/C12H19NO2/c1-15-12-6-3-2-5-11(12)7-9-13-8-4-10-14/h2-3,5-6,13-14H,4,7-10H2,1H3. The summed E-state index contributed by atoms with van der Waals surface area (Å²) in [5, 5.41) is 11.9. The summed E-state index contributed by atoms with van der Waals surface area (Å²) in [4.78, 5) is 0. The summed E-state index contributed by atoms with van der Waals surface area (Å²) in [6, 6.07) is 8.04. The van der Waals surface area contributed by atoms with E-state index in [-0.39, 0.29) is 6.61 Å². The Morgan fingerprint density at radius 2 is 2.07 bits per heavy atom. The van der Waals surface area contributed by atoms with Gasteiger partial charge >= 0.3 is 0 Å². The minimum Gasteiger partial charge on any atom is -0.496 e. The van der Waals surface area contributed by atoms with Crippen LogP contribution < -0.4 is 10.1 Å². The van der Waals surface area contributed by atoms with E-state index < -0.39 is 0 Å². The highest BCUT2D eigenvalue weighted by Crippen LogP contribution is 2.16. The van der Waals surface area contributed by atoms with Gasteiger partial charge in [0.1, 0.15) is 5.75 Å². The van der Waals surface area contributed by atoms with E-state index in [0.717, 1.165) is 31.7 Å². The van der Waals surface area contributed by atoms with Gasteiger partial charge in [-0.2, -0.15) is 0 Å². The fourth-order valence-corrected chi connectivity index (χ4v) is 1.46. The van der Waals surface area contributed by atoms with Crippen LogP contribution >= 0.6 is 0 Å². The number of methoxy groups -OCH3 is 1. The largest absolute Gasteiger partial charge is 0.496 e. The molecule has 0 atom stereocenters. The molecule has 3 heteroatoms. The minimum absolute atomic E-state index is 0.252. The molecular formula is C12H19NO2. The number of hydrogen-bond acceptors (Lipinski definition) is 3. The lowest BCUT2D eigenvalue weighted by molar-refractivity contribution is 0.286. The molecule has 0 aliphatic rings. The van der Waals surface area contributed by atoms with E-state index in [2.05, 4.69) is 11.4 Å². The minimum atomic E-state index is 0.252. The fourth-order valence-electron chi connectivity index (χ4n) is 1.46. The van der Waals surface area contributed by atoms with E-state index in [0.29, 0.717) is 0 Å². The van der Waals surface area contributed by atoms with E-state index in [1.165, 1.54) is 5.56 Å². The van der Waals surface area contributed by atoms with Crippen molar-refractivity contribution in [2.75, 3.05) is 26.8 Å². The molecule has 0 saturated heterocycles. The zero-order valence-electron chi connectivity index (χ0n) is 9.20. The maximum absolute atomic E-state index is 8.60. The average Bonchev–Trinajstić information content (AvgIpc) is 2.29. The molecular weight excluding hydrogens is 190 g/mol. The van der Waals surface area contributed by atoms with Crippen molar-refractivity contribution in [3.05, 3.63) is 29.8 Å². The molecule has 0 aliphatic carbocycles. The molecule has 1 aromatic rings. The number of para-hydroxylation sites is 1. The smallest absolute Gasteiger partial charge is 0.122 e. The topological polar surface area (TPSA) is 41.5 Å². The zero-order chi connectivity index (χ0) is 10.9. The summed E-state index contributed by atoms with van der Waals surface area (Å²) < 4.78 is 5.26. The first kappa shape index (κ1) is 12.0. The van der Waals surface area contributed by atoms with E-state index in [1.807, 2.05) is 18.2 Å². The Labute approximate surface area is 91.1 Å². The van der Waals surface area contributed by atoms with Crippen LogP contribution in [-0.2, 0) is 6.42 Å². The quantitative estimate of drug-likeness (QED) is 0.663. The Bertz CT molecular complexity index is 276. The molecule has 0 aliphatic heterocycles. The van der Waals surface area contributed by atoms with Crippen molar-refractivity contribution in [3.63, 3.8) is 0 Å². The Kier molecular flexibility index (Phi) is 5.81. The van der Waals surface area contributed by atoms with Crippen LogP contribution in [0.5, 0.6) is 5.75 Å². The molecule has 0 unspecified atom stereocenters. The third-order valence-electron chi connectivity index (χ3n) is 2.28. The third kappa shape index (κ3) is 4.32. The normalized spacial score (nSPS) is 10.3. The van der Waals surface area contributed by atoms with Crippen LogP contribution in [0.3, 0.4) is 0 Å². The van der Waals surface area contributed by atoms with Crippen molar-refractivity contribution in [2.45, 2.75) is 12.8 Å². The molecule has 1 aromatic carbocycles. The van der Waals surface area contributed by atoms with Gasteiger partial charge in [0.05, 0.1) is 7.11 Å². The number of benzene rings is 1. The van der Waals surface area contributed by atoms with Crippen molar-refractivity contribution in [1.82, 2.24) is 5.32 Å². The van der Waals surface area contributed by atoms with E-state index in [4.69, 9.17) is 9.84 Å². The molecule has 0 saturated carbocycles. The van der Waals surface area contributed by atoms with E-state index >= 15 is 0 Å². The maximum Gasteiger partial charge on any atom is 0.122 e. The summed E-state index contributed by atoms with van der Waals surface area (Å²) in [6.45, 7) is 2.04. The number of rotatable bonds is 7. The van der Waals surface area contributed by atoms with Crippen LogP contribution in [0.15, 0.2) is 24.3 Å². The van der Waals surface area contributed by atoms with Gasteiger partial charge in [-0.05, 0) is 37.6 Å². The molecule has 0 bridgehead atoms. The predicted molar refractivity (Wildman–Crippen MR) is 61.3 cm³/mol. The molecule has 2 N–H and O–H groups in total. The van der Waals surface area contributed by atoms with Crippen molar-refractivity contribution in [3.8, 4) is 5.75 Å². The van der Waals surface area contributed by atoms with Crippen LogP contribution in [0, 0.1) is 0 Å². The highest BCUT2D eigenvalue weighted by atomic mass is 16.5. The van der Waals surface area contributed by atoms with Gasteiger partial charge in [0.25, 0.3) is 0 Å². The van der Waals surface area contributed by atoms with E-state index in [9.17, 15) is 0 Å². The van der Waals surface area contributed by atoms with Crippen molar-refractivity contribution >= 4 is 0 Å². The SMILES string of the molecule is COc1ccccc1CCNCCCO. The Morgan fingerprint density at radius 3 is 2.80 bits per heavy atom. The maximum atomic E-state index is 8.60. The summed E-state index contributed by atoms with van der Waals surface area (Å²) in [6.07, 6.45) is 1.77. The molecule has 1 rings (SSSR count). The second-order valence-electron chi connectivity index (χ2n) is 3.39. The number of hydrogen-bond donors (Lipinski definition) is 2. The highest BCUT2D eigenvalue weighted by Gasteiger charge is 1.99. The molecule has 0 amide bonds. The summed E-state index contributed by atoms with van der Waals surface area (Å²) in [5.74, 6) is 0.946. The van der Waals surface area contributed by atoms with E-state index in [1.54, 1.807) is 7.11 Å². The highest BCUT2D eigenvalue weighted by molar-refractivity contribution is 5.33. The van der Waals surface area contributed by atoms with Crippen LogP contribution in [0.25, 0.3) is 0 Å². The Balaban J connectivity index is 2.30. The van der Waals surface area contributed by atoms with Gasteiger partial charge in [0.15, 0.2) is 0 Å². The lowest BCUT2D eigenvalue weighted by atomic mass is 10.1. The molecule has 84 valence electrons. The second-order valence-corrected chi connectivity index (χ2v) is 3.39. The van der Waals surface area contributed by atoms with Gasteiger partial charge in [-0.15, -0.1) is 0 Å². The Hall–Kier alpha value is -1.06. The van der Waals surface area contributed by atoms with Gasteiger partial charge < -0.3 is 15.2 Å². The molecule has 0 heterocycles. The fraction of sp³-hybridized carbons (Fsp3) is 0.500. The summed E-state index contributed by atoms with van der Waals surface area (Å²) >= 11 is 0. The first-order valence-electron chi connectivity index (χ1n) is 5.32. The van der Waals surface area contributed by atoms with Gasteiger partial charge in [-0.3, -0.25) is 0 Å². The molecule has 0 radical (unpaired) electrons. The lowest BCUT2D eigenvalue weighted by Gasteiger charge is -2.08. The molecule has 0 spiro atoms. The summed E-state index contributed by atoms with van der Waals surface area (Å²) in [5.41, 5.74) is 1.22. The van der Waals surface area contributed by atoms with Gasteiger partial charge in [0.2, 0.25) is 0 Å². The molecule has 3 nitrogen and oxygen atoms in total. The third-order valence-corrected chi connectivity index (χ3v) is 2.28.